The van der Waals surface area contributed by atoms with Crippen molar-refractivity contribution in [1.29, 1.82) is 0 Å². The maximum absolute atomic E-state index is 13.2. The SMILES string of the molecule is Cn1cc(OC[C@H]2CCCC2(F)F)cn1. The molecule has 1 saturated carbocycles. The van der Waals surface area contributed by atoms with Gasteiger partial charge in [0.25, 0.3) is 5.92 Å². The van der Waals surface area contributed by atoms with E-state index in [4.69, 9.17) is 4.74 Å². The van der Waals surface area contributed by atoms with Crippen LogP contribution in [0.4, 0.5) is 8.78 Å². The minimum atomic E-state index is -2.55. The summed E-state index contributed by atoms with van der Waals surface area (Å²) in [5.74, 6) is -2.64. The molecule has 0 saturated heterocycles. The first-order valence-electron chi connectivity index (χ1n) is 5.07. The molecule has 1 aromatic rings. The maximum atomic E-state index is 13.2. The fraction of sp³-hybridized carbons (Fsp3) is 0.700. The van der Waals surface area contributed by atoms with E-state index in [0.29, 0.717) is 18.6 Å². The van der Waals surface area contributed by atoms with Gasteiger partial charge >= 0.3 is 0 Å². The zero-order valence-electron chi connectivity index (χ0n) is 8.62. The van der Waals surface area contributed by atoms with Gasteiger partial charge in [0.1, 0.15) is 0 Å². The molecule has 5 heteroatoms. The third-order valence-electron chi connectivity index (χ3n) is 2.79. The van der Waals surface area contributed by atoms with E-state index in [1.165, 1.54) is 6.20 Å². The van der Waals surface area contributed by atoms with Crippen molar-refractivity contribution in [3.8, 4) is 5.75 Å². The zero-order chi connectivity index (χ0) is 10.9. The van der Waals surface area contributed by atoms with Crippen LogP contribution in [-0.4, -0.2) is 22.3 Å². The Morgan fingerprint density at radius 2 is 2.47 bits per heavy atom. The molecule has 1 atom stereocenters. The molecule has 3 nitrogen and oxygen atoms in total. The Labute approximate surface area is 87.0 Å². The van der Waals surface area contributed by atoms with Gasteiger partial charge in [-0.15, -0.1) is 0 Å². The fourth-order valence-electron chi connectivity index (χ4n) is 1.87. The van der Waals surface area contributed by atoms with E-state index >= 15 is 0 Å². The van der Waals surface area contributed by atoms with Crippen molar-refractivity contribution < 1.29 is 13.5 Å². The highest BCUT2D eigenvalue weighted by atomic mass is 19.3. The van der Waals surface area contributed by atoms with Crippen molar-refractivity contribution in [3.05, 3.63) is 12.4 Å². The predicted octanol–water partition coefficient (Wildman–Crippen LogP) is 2.23. The molecule has 1 aromatic heterocycles. The summed E-state index contributed by atoms with van der Waals surface area (Å²) in [4.78, 5) is 0. The quantitative estimate of drug-likeness (QED) is 0.774. The van der Waals surface area contributed by atoms with Gasteiger partial charge in [-0.3, -0.25) is 4.68 Å². The average Bonchev–Trinajstić information content (AvgIpc) is 2.69. The minimum Gasteiger partial charge on any atom is -0.490 e. The predicted molar refractivity (Wildman–Crippen MR) is 51.0 cm³/mol. The second-order valence-electron chi connectivity index (χ2n) is 4.01. The molecule has 1 aliphatic carbocycles. The van der Waals surface area contributed by atoms with Crippen molar-refractivity contribution in [2.75, 3.05) is 6.61 Å². The van der Waals surface area contributed by atoms with Crippen LogP contribution in [0.25, 0.3) is 0 Å². The Kier molecular flexibility index (Phi) is 2.63. The van der Waals surface area contributed by atoms with Gasteiger partial charge in [-0.25, -0.2) is 8.78 Å². The molecule has 0 bridgehead atoms. The molecule has 1 heterocycles. The summed E-state index contributed by atoms with van der Waals surface area (Å²) in [6.07, 6.45) is 4.34. The Balaban J connectivity index is 1.88. The summed E-state index contributed by atoms with van der Waals surface area (Å²) in [5.41, 5.74) is 0. The number of nitrogens with zero attached hydrogens (tertiary/aromatic N) is 2. The van der Waals surface area contributed by atoms with Crippen LogP contribution in [0, 0.1) is 5.92 Å². The van der Waals surface area contributed by atoms with Gasteiger partial charge in [-0.1, -0.05) is 0 Å². The lowest BCUT2D eigenvalue weighted by atomic mass is 10.1. The Morgan fingerprint density at radius 1 is 1.67 bits per heavy atom. The molecule has 0 spiro atoms. The lowest BCUT2D eigenvalue weighted by Gasteiger charge is -2.18. The first kappa shape index (κ1) is 10.4. The Morgan fingerprint density at radius 3 is 3.00 bits per heavy atom. The topological polar surface area (TPSA) is 27.1 Å². The highest BCUT2D eigenvalue weighted by molar-refractivity contribution is 5.11. The number of alkyl halides is 2. The van der Waals surface area contributed by atoms with E-state index in [1.54, 1.807) is 17.9 Å². The first-order chi connectivity index (χ1) is 7.08. The van der Waals surface area contributed by atoms with Gasteiger partial charge in [0.05, 0.1) is 24.9 Å². The van der Waals surface area contributed by atoms with Gasteiger partial charge in [-0.2, -0.15) is 5.10 Å². The van der Waals surface area contributed by atoms with Crippen LogP contribution in [0.1, 0.15) is 19.3 Å². The lowest BCUT2D eigenvalue weighted by molar-refractivity contribution is -0.0505. The van der Waals surface area contributed by atoms with E-state index in [1.807, 2.05) is 0 Å². The van der Waals surface area contributed by atoms with Crippen molar-refractivity contribution in [2.24, 2.45) is 13.0 Å². The van der Waals surface area contributed by atoms with E-state index in [2.05, 4.69) is 5.10 Å². The normalized spacial score (nSPS) is 24.3. The number of rotatable bonds is 3. The summed E-state index contributed by atoms with van der Waals surface area (Å²) < 4.78 is 33.3. The van der Waals surface area contributed by atoms with E-state index < -0.39 is 11.8 Å². The molecule has 0 amide bonds. The first-order valence-corrected chi connectivity index (χ1v) is 5.07. The molecule has 1 fully saturated rings. The smallest absolute Gasteiger partial charge is 0.254 e. The van der Waals surface area contributed by atoms with Crippen molar-refractivity contribution >= 4 is 0 Å². The number of ether oxygens (including phenoxy) is 1. The van der Waals surface area contributed by atoms with E-state index in [9.17, 15) is 8.78 Å². The molecule has 1 aliphatic rings. The van der Waals surface area contributed by atoms with Crippen LogP contribution in [0.3, 0.4) is 0 Å². The molecular formula is C10H14F2N2O. The molecular weight excluding hydrogens is 202 g/mol. The summed E-state index contributed by atoms with van der Waals surface area (Å²) in [6.45, 7) is 0.0820. The van der Waals surface area contributed by atoms with Gasteiger partial charge in [0, 0.05) is 13.5 Å². The molecule has 15 heavy (non-hydrogen) atoms. The Hall–Kier alpha value is -1.13. The summed E-state index contributed by atoms with van der Waals surface area (Å²) in [5, 5.41) is 3.90. The van der Waals surface area contributed by atoms with Crippen molar-refractivity contribution in [1.82, 2.24) is 9.78 Å². The fourth-order valence-corrected chi connectivity index (χ4v) is 1.87. The van der Waals surface area contributed by atoms with Crippen LogP contribution in [0.2, 0.25) is 0 Å². The van der Waals surface area contributed by atoms with Crippen LogP contribution < -0.4 is 4.74 Å². The number of hydrogen-bond donors (Lipinski definition) is 0. The summed E-state index contributed by atoms with van der Waals surface area (Å²) >= 11 is 0. The second kappa shape index (κ2) is 3.79. The molecule has 0 aromatic carbocycles. The van der Waals surface area contributed by atoms with Crippen molar-refractivity contribution in [3.63, 3.8) is 0 Å². The summed E-state index contributed by atoms with van der Waals surface area (Å²) in [7, 11) is 1.76. The molecule has 0 aliphatic heterocycles. The van der Waals surface area contributed by atoms with Crippen LogP contribution >= 0.6 is 0 Å². The summed E-state index contributed by atoms with van der Waals surface area (Å²) in [6, 6.07) is 0. The highest BCUT2D eigenvalue weighted by Crippen LogP contribution is 2.40. The van der Waals surface area contributed by atoms with Crippen LogP contribution in [0.5, 0.6) is 5.75 Å². The van der Waals surface area contributed by atoms with Crippen LogP contribution in [0.15, 0.2) is 12.4 Å². The van der Waals surface area contributed by atoms with Gasteiger partial charge in [0.15, 0.2) is 5.75 Å². The third-order valence-corrected chi connectivity index (χ3v) is 2.79. The van der Waals surface area contributed by atoms with Gasteiger partial charge in [-0.05, 0) is 12.8 Å². The minimum absolute atomic E-state index is 0.00589. The third kappa shape index (κ3) is 2.27. The zero-order valence-corrected chi connectivity index (χ0v) is 8.62. The van der Waals surface area contributed by atoms with Crippen molar-refractivity contribution in [2.45, 2.75) is 25.2 Å². The largest absolute Gasteiger partial charge is 0.490 e. The van der Waals surface area contributed by atoms with Gasteiger partial charge < -0.3 is 4.74 Å². The van der Waals surface area contributed by atoms with E-state index in [-0.39, 0.29) is 13.0 Å². The highest BCUT2D eigenvalue weighted by Gasteiger charge is 2.44. The number of halogens is 2. The molecule has 0 radical (unpaired) electrons. The van der Waals surface area contributed by atoms with E-state index in [0.717, 1.165) is 0 Å². The number of hydrogen-bond acceptors (Lipinski definition) is 2. The average molecular weight is 216 g/mol. The maximum Gasteiger partial charge on any atom is 0.254 e. The monoisotopic (exact) mass is 216 g/mol. The lowest BCUT2D eigenvalue weighted by Crippen LogP contribution is -2.27. The molecule has 0 N–H and O–H groups in total. The molecule has 84 valence electrons. The Bertz CT molecular complexity index is 338. The van der Waals surface area contributed by atoms with Crippen LogP contribution in [-0.2, 0) is 7.05 Å². The number of aromatic nitrogens is 2. The standard InChI is InChI=1S/C10H14F2N2O/c1-14-6-9(5-13-14)15-7-8-3-2-4-10(8,11)12/h5-6,8H,2-4,7H2,1H3/t8-/m1/s1. The van der Waals surface area contributed by atoms with Gasteiger partial charge in [0.2, 0.25) is 0 Å². The molecule has 2 rings (SSSR count). The second-order valence-corrected chi connectivity index (χ2v) is 4.01. The number of aryl methyl sites for hydroxylation is 1. The molecule has 0 unspecified atom stereocenters.